The number of nitrogens with zero attached hydrogens (tertiary/aromatic N) is 5. The van der Waals surface area contributed by atoms with Crippen LogP contribution in [0.25, 0.3) is 6.08 Å². The normalized spacial score (nSPS) is 16.6. The smallest absolute Gasteiger partial charge is 0.246 e. The summed E-state index contributed by atoms with van der Waals surface area (Å²) in [5, 5.41) is 3.22. The molecule has 4 rings (SSSR count). The van der Waals surface area contributed by atoms with Crippen molar-refractivity contribution in [2.45, 2.75) is 19.3 Å². The van der Waals surface area contributed by atoms with E-state index in [-0.39, 0.29) is 11.8 Å². The summed E-state index contributed by atoms with van der Waals surface area (Å²) in [5.74, 6) is 2.33. The maximum absolute atomic E-state index is 12.4. The van der Waals surface area contributed by atoms with Crippen molar-refractivity contribution in [3.8, 4) is 0 Å². The van der Waals surface area contributed by atoms with E-state index in [1.807, 2.05) is 36.1 Å². The Morgan fingerprint density at radius 1 is 1.32 bits per heavy atom. The summed E-state index contributed by atoms with van der Waals surface area (Å²) in [4.78, 5) is 34.5. The van der Waals surface area contributed by atoms with Crippen LogP contribution >= 0.6 is 0 Å². The zero-order chi connectivity index (χ0) is 19.3. The molecule has 1 saturated heterocycles. The van der Waals surface area contributed by atoms with Gasteiger partial charge in [-0.3, -0.25) is 4.79 Å². The fourth-order valence-electron chi connectivity index (χ4n) is 3.26. The van der Waals surface area contributed by atoms with E-state index in [1.54, 1.807) is 30.9 Å². The molecule has 2 N–H and O–H groups in total. The number of hydrogen-bond acceptors (Lipinski definition) is 6. The third-order valence-corrected chi connectivity index (χ3v) is 4.62. The predicted octanol–water partition coefficient (Wildman–Crippen LogP) is 2.68. The maximum atomic E-state index is 12.4. The van der Waals surface area contributed by atoms with Crippen molar-refractivity contribution in [1.82, 2.24) is 29.8 Å². The van der Waals surface area contributed by atoms with Gasteiger partial charge in [0.05, 0.1) is 23.9 Å². The van der Waals surface area contributed by atoms with Crippen LogP contribution in [0.3, 0.4) is 0 Å². The molecule has 1 atom stereocenters. The van der Waals surface area contributed by atoms with Crippen LogP contribution in [0.4, 0.5) is 11.6 Å². The molecule has 1 unspecified atom stereocenters. The number of carbonyl (C=O) groups is 1. The molecule has 0 aromatic carbocycles. The van der Waals surface area contributed by atoms with E-state index < -0.39 is 0 Å². The molecule has 28 heavy (non-hydrogen) atoms. The number of aryl methyl sites for hydroxylation is 1. The molecule has 1 fully saturated rings. The molecular weight excluding hydrogens is 354 g/mol. The van der Waals surface area contributed by atoms with Crippen LogP contribution in [-0.2, 0) is 4.79 Å². The van der Waals surface area contributed by atoms with Crippen molar-refractivity contribution in [2.24, 2.45) is 0 Å². The molecular formula is C20H21N7O. The van der Waals surface area contributed by atoms with Gasteiger partial charge in [-0.05, 0) is 31.6 Å². The van der Waals surface area contributed by atoms with E-state index in [1.165, 1.54) is 0 Å². The molecule has 1 aliphatic rings. The van der Waals surface area contributed by atoms with Gasteiger partial charge in [0.2, 0.25) is 5.91 Å². The number of imidazole rings is 1. The van der Waals surface area contributed by atoms with Crippen molar-refractivity contribution in [3.63, 3.8) is 0 Å². The van der Waals surface area contributed by atoms with Gasteiger partial charge in [-0.15, -0.1) is 0 Å². The maximum Gasteiger partial charge on any atom is 0.246 e. The van der Waals surface area contributed by atoms with Crippen LogP contribution in [0.2, 0.25) is 0 Å². The van der Waals surface area contributed by atoms with Gasteiger partial charge in [0.25, 0.3) is 0 Å². The monoisotopic (exact) mass is 375 g/mol. The second-order valence-electron chi connectivity index (χ2n) is 6.68. The molecule has 3 aromatic heterocycles. The number of anilines is 2. The van der Waals surface area contributed by atoms with E-state index in [2.05, 4.69) is 30.2 Å². The molecule has 8 heteroatoms. The van der Waals surface area contributed by atoms with Crippen molar-refractivity contribution in [1.29, 1.82) is 0 Å². The van der Waals surface area contributed by atoms with Crippen LogP contribution in [-0.4, -0.2) is 48.8 Å². The lowest BCUT2D eigenvalue weighted by Crippen LogP contribution is -2.26. The summed E-state index contributed by atoms with van der Waals surface area (Å²) < 4.78 is 0. The number of rotatable bonds is 5. The van der Waals surface area contributed by atoms with Gasteiger partial charge in [0.1, 0.15) is 17.5 Å². The third-order valence-electron chi connectivity index (χ3n) is 4.62. The zero-order valence-corrected chi connectivity index (χ0v) is 15.5. The van der Waals surface area contributed by atoms with Gasteiger partial charge < -0.3 is 15.2 Å². The van der Waals surface area contributed by atoms with Gasteiger partial charge in [0.15, 0.2) is 0 Å². The molecule has 142 valence electrons. The summed E-state index contributed by atoms with van der Waals surface area (Å²) in [6, 6.07) is 7.62. The Morgan fingerprint density at radius 3 is 3.04 bits per heavy atom. The van der Waals surface area contributed by atoms with Crippen molar-refractivity contribution in [3.05, 3.63) is 66.3 Å². The van der Waals surface area contributed by atoms with E-state index in [9.17, 15) is 4.79 Å². The number of H-pyrrole nitrogens is 1. The Balaban J connectivity index is 1.44. The molecule has 3 aromatic rings. The largest absolute Gasteiger partial charge is 0.345 e. The number of carbonyl (C=O) groups excluding carboxylic acids is 1. The highest BCUT2D eigenvalue weighted by Crippen LogP contribution is 2.28. The minimum Gasteiger partial charge on any atom is -0.345 e. The van der Waals surface area contributed by atoms with Gasteiger partial charge in [-0.1, -0.05) is 6.07 Å². The molecule has 0 radical (unpaired) electrons. The Kier molecular flexibility index (Phi) is 5.09. The number of nitrogens with one attached hydrogen (secondary N) is 2. The number of aromatic nitrogens is 5. The van der Waals surface area contributed by atoms with E-state index in [4.69, 9.17) is 0 Å². The Labute approximate surface area is 162 Å². The fourth-order valence-corrected chi connectivity index (χ4v) is 3.26. The molecule has 0 bridgehead atoms. The first kappa shape index (κ1) is 17.8. The summed E-state index contributed by atoms with van der Waals surface area (Å²) in [7, 11) is 0. The van der Waals surface area contributed by atoms with Gasteiger partial charge in [0, 0.05) is 37.3 Å². The molecule has 0 aliphatic carbocycles. The molecule has 1 aliphatic heterocycles. The highest BCUT2D eigenvalue weighted by Gasteiger charge is 2.27. The highest BCUT2D eigenvalue weighted by atomic mass is 16.2. The lowest BCUT2D eigenvalue weighted by molar-refractivity contribution is -0.124. The Morgan fingerprint density at radius 2 is 2.25 bits per heavy atom. The van der Waals surface area contributed by atoms with Crippen molar-refractivity contribution < 1.29 is 4.79 Å². The number of hydrogen-bond donors (Lipinski definition) is 2. The Bertz CT molecular complexity index is 969. The highest BCUT2D eigenvalue weighted by molar-refractivity contribution is 5.91. The van der Waals surface area contributed by atoms with Crippen molar-refractivity contribution >= 4 is 23.6 Å². The Hall–Kier alpha value is -3.55. The summed E-state index contributed by atoms with van der Waals surface area (Å²) in [6.45, 7) is 3.23. The van der Waals surface area contributed by atoms with E-state index in [0.717, 1.165) is 23.6 Å². The molecule has 8 nitrogen and oxygen atoms in total. The van der Waals surface area contributed by atoms with Crippen LogP contribution in [0.5, 0.6) is 0 Å². The number of pyridine rings is 1. The molecule has 4 heterocycles. The number of amides is 1. The first-order chi connectivity index (χ1) is 13.7. The fraction of sp³-hybridized carbons (Fsp3) is 0.250. The number of likely N-dealkylation sites (tertiary alicyclic amines) is 1. The van der Waals surface area contributed by atoms with Crippen LogP contribution in [0, 0.1) is 6.92 Å². The molecule has 1 amide bonds. The van der Waals surface area contributed by atoms with E-state index in [0.29, 0.717) is 24.7 Å². The van der Waals surface area contributed by atoms with Gasteiger partial charge in [-0.2, -0.15) is 0 Å². The van der Waals surface area contributed by atoms with E-state index >= 15 is 0 Å². The van der Waals surface area contributed by atoms with Crippen molar-refractivity contribution in [2.75, 3.05) is 18.4 Å². The predicted molar refractivity (Wildman–Crippen MR) is 106 cm³/mol. The van der Waals surface area contributed by atoms with Gasteiger partial charge in [-0.25, -0.2) is 19.9 Å². The third kappa shape index (κ3) is 4.22. The van der Waals surface area contributed by atoms with Crippen LogP contribution in [0.1, 0.15) is 29.6 Å². The van der Waals surface area contributed by atoms with Crippen LogP contribution in [0.15, 0.2) is 49.1 Å². The van der Waals surface area contributed by atoms with Gasteiger partial charge >= 0.3 is 0 Å². The quantitative estimate of drug-likeness (QED) is 0.665. The number of aromatic amines is 1. The lowest BCUT2D eigenvalue weighted by Gasteiger charge is -2.15. The second kappa shape index (κ2) is 7.99. The first-order valence-corrected chi connectivity index (χ1v) is 9.16. The summed E-state index contributed by atoms with van der Waals surface area (Å²) in [6.07, 6.45) is 9.19. The zero-order valence-electron chi connectivity index (χ0n) is 15.5. The van der Waals surface area contributed by atoms with Crippen LogP contribution < -0.4 is 5.32 Å². The summed E-state index contributed by atoms with van der Waals surface area (Å²) in [5.41, 5.74) is 1.75. The molecule has 0 spiro atoms. The lowest BCUT2D eigenvalue weighted by atomic mass is 10.0. The SMILES string of the molecule is Cc1nc(Nc2ccccn2)cc(C2CCN(C(=O)/C=C/c3cnc[nH]3)C2)n1. The summed E-state index contributed by atoms with van der Waals surface area (Å²) >= 11 is 0. The standard InChI is InChI=1S/C20H21N7O/c1-14-24-17(10-19(25-14)26-18-4-2-3-8-22-18)15-7-9-27(12-15)20(28)6-5-16-11-21-13-23-16/h2-6,8,10-11,13,15H,7,9,12H2,1H3,(H,21,23)(H,22,24,25,26)/b6-5+. The first-order valence-electron chi connectivity index (χ1n) is 9.16. The topological polar surface area (TPSA) is 99.7 Å². The minimum absolute atomic E-state index is 0.00490. The average molecular weight is 375 g/mol. The molecule has 0 saturated carbocycles. The second-order valence-corrected chi connectivity index (χ2v) is 6.68. The average Bonchev–Trinajstić information content (AvgIpc) is 3.39. The minimum atomic E-state index is -0.00490.